The Morgan fingerprint density at radius 2 is 2.21 bits per heavy atom. The van der Waals surface area contributed by atoms with Crippen LogP contribution in [-0.4, -0.2) is 72.8 Å². The van der Waals surface area contributed by atoms with Crippen LogP contribution in [0.15, 0.2) is 24.5 Å². The number of carbonyl (C=O) groups is 1. The molecule has 0 aliphatic carbocycles. The molecule has 3 heterocycles. The van der Waals surface area contributed by atoms with Gasteiger partial charge < -0.3 is 14.4 Å². The van der Waals surface area contributed by atoms with Crippen molar-refractivity contribution in [3.8, 4) is 0 Å². The summed E-state index contributed by atoms with van der Waals surface area (Å²) in [4.78, 5) is 20.8. The summed E-state index contributed by atoms with van der Waals surface area (Å²) in [6.07, 6.45) is 6.14. The molecule has 132 valence electrons. The molecule has 24 heavy (non-hydrogen) atoms. The summed E-state index contributed by atoms with van der Waals surface area (Å²) >= 11 is 0. The van der Waals surface area contributed by atoms with Gasteiger partial charge >= 0.3 is 0 Å². The minimum atomic E-state index is -0.189. The van der Waals surface area contributed by atoms with E-state index in [-0.39, 0.29) is 11.5 Å². The third kappa shape index (κ3) is 4.32. The number of ether oxygens (including phenoxy) is 2. The van der Waals surface area contributed by atoms with Crippen LogP contribution in [0.2, 0.25) is 0 Å². The quantitative estimate of drug-likeness (QED) is 0.813. The molecule has 2 aliphatic heterocycles. The Bertz CT molecular complexity index is 530. The fraction of sp³-hybridized carbons (Fsp3) is 0.667. The predicted octanol–water partition coefficient (Wildman–Crippen LogP) is 1.31. The summed E-state index contributed by atoms with van der Waals surface area (Å²) in [6.45, 7) is 5.36. The van der Waals surface area contributed by atoms with Crippen LogP contribution in [0.25, 0.3) is 0 Å². The molecule has 0 unspecified atom stereocenters. The van der Waals surface area contributed by atoms with Gasteiger partial charge in [0.1, 0.15) is 0 Å². The largest absolute Gasteiger partial charge is 0.383 e. The second kappa shape index (κ2) is 8.05. The van der Waals surface area contributed by atoms with Gasteiger partial charge in [-0.05, 0) is 24.5 Å². The molecule has 1 aromatic rings. The number of methoxy groups -OCH3 is 1. The third-order valence-corrected chi connectivity index (χ3v) is 5.02. The lowest BCUT2D eigenvalue weighted by Crippen LogP contribution is -2.52. The van der Waals surface area contributed by atoms with Crippen molar-refractivity contribution in [3.63, 3.8) is 0 Å². The maximum Gasteiger partial charge on any atom is 0.225 e. The van der Waals surface area contributed by atoms with Gasteiger partial charge in [0.25, 0.3) is 0 Å². The second-order valence-corrected chi connectivity index (χ2v) is 6.73. The molecule has 2 aliphatic rings. The van der Waals surface area contributed by atoms with Crippen LogP contribution in [0, 0.1) is 0 Å². The zero-order valence-corrected chi connectivity index (χ0v) is 14.4. The van der Waals surface area contributed by atoms with E-state index in [9.17, 15) is 4.79 Å². The summed E-state index contributed by atoms with van der Waals surface area (Å²) in [5.74, 6) is 0.182. The highest BCUT2D eigenvalue weighted by Gasteiger charge is 2.40. The van der Waals surface area contributed by atoms with Gasteiger partial charge in [-0.3, -0.25) is 14.7 Å². The van der Waals surface area contributed by atoms with Crippen molar-refractivity contribution >= 4 is 5.91 Å². The first kappa shape index (κ1) is 17.3. The third-order valence-electron chi connectivity index (χ3n) is 5.02. The monoisotopic (exact) mass is 333 g/mol. The highest BCUT2D eigenvalue weighted by Crippen LogP contribution is 2.30. The van der Waals surface area contributed by atoms with Gasteiger partial charge in [-0.25, -0.2) is 0 Å². The van der Waals surface area contributed by atoms with E-state index >= 15 is 0 Å². The van der Waals surface area contributed by atoms with Gasteiger partial charge in [-0.2, -0.15) is 0 Å². The summed E-state index contributed by atoms with van der Waals surface area (Å²) < 4.78 is 11.3. The molecule has 6 heteroatoms. The molecule has 0 bridgehead atoms. The van der Waals surface area contributed by atoms with E-state index < -0.39 is 0 Å². The highest BCUT2D eigenvalue weighted by molar-refractivity contribution is 5.76. The Morgan fingerprint density at radius 3 is 2.92 bits per heavy atom. The zero-order chi connectivity index (χ0) is 16.8. The normalized spacial score (nSPS) is 21.9. The Balaban J connectivity index is 1.57. The minimum Gasteiger partial charge on any atom is -0.383 e. The molecule has 3 rings (SSSR count). The number of likely N-dealkylation sites (tertiary alicyclic amines) is 1. The lowest BCUT2D eigenvalue weighted by atomic mass is 9.90. The van der Waals surface area contributed by atoms with Crippen LogP contribution in [0.1, 0.15) is 24.8 Å². The highest BCUT2D eigenvalue weighted by atomic mass is 16.5. The first-order valence-electron chi connectivity index (χ1n) is 8.73. The van der Waals surface area contributed by atoms with Crippen LogP contribution in [0.4, 0.5) is 0 Å². The van der Waals surface area contributed by atoms with Crippen molar-refractivity contribution in [2.45, 2.75) is 31.4 Å². The molecule has 0 radical (unpaired) electrons. The average Bonchev–Trinajstić information content (AvgIpc) is 2.76. The van der Waals surface area contributed by atoms with E-state index in [0.29, 0.717) is 32.7 Å². The van der Waals surface area contributed by atoms with Gasteiger partial charge in [0.05, 0.1) is 25.2 Å². The fourth-order valence-corrected chi connectivity index (χ4v) is 3.57. The van der Waals surface area contributed by atoms with Crippen LogP contribution in [0.5, 0.6) is 0 Å². The molecular weight excluding hydrogens is 306 g/mol. The number of piperidine rings is 1. The molecule has 0 atom stereocenters. The number of hydrogen-bond acceptors (Lipinski definition) is 5. The van der Waals surface area contributed by atoms with E-state index in [1.165, 1.54) is 5.56 Å². The SMILES string of the molecule is COCCN1CC2(CCN(Cc3cccnc3)CC2)OCCC1=O. The van der Waals surface area contributed by atoms with Crippen LogP contribution in [0.3, 0.4) is 0 Å². The number of aromatic nitrogens is 1. The number of pyridine rings is 1. The Morgan fingerprint density at radius 1 is 1.38 bits per heavy atom. The van der Waals surface area contributed by atoms with E-state index in [2.05, 4.69) is 16.0 Å². The van der Waals surface area contributed by atoms with Gasteiger partial charge in [-0.1, -0.05) is 6.07 Å². The van der Waals surface area contributed by atoms with E-state index in [1.807, 2.05) is 17.2 Å². The van der Waals surface area contributed by atoms with Crippen LogP contribution >= 0.6 is 0 Å². The Labute approximate surface area is 143 Å². The molecule has 6 nitrogen and oxygen atoms in total. The smallest absolute Gasteiger partial charge is 0.225 e. The van der Waals surface area contributed by atoms with E-state index in [1.54, 1.807) is 13.3 Å². The molecule has 1 amide bonds. The van der Waals surface area contributed by atoms with Gasteiger partial charge in [0.2, 0.25) is 5.91 Å². The van der Waals surface area contributed by atoms with E-state index in [0.717, 1.165) is 32.5 Å². The number of nitrogens with zero attached hydrogens (tertiary/aromatic N) is 3. The molecule has 0 aromatic carbocycles. The molecule has 2 fully saturated rings. The zero-order valence-electron chi connectivity index (χ0n) is 14.4. The van der Waals surface area contributed by atoms with Crippen molar-refractivity contribution in [1.29, 1.82) is 0 Å². The summed E-state index contributed by atoms with van der Waals surface area (Å²) in [5, 5.41) is 0. The number of carbonyl (C=O) groups excluding carboxylic acids is 1. The average molecular weight is 333 g/mol. The first-order valence-corrected chi connectivity index (χ1v) is 8.73. The number of rotatable bonds is 5. The fourth-order valence-electron chi connectivity index (χ4n) is 3.57. The number of amides is 1. The summed E-state index contributed by atoms with van der Waals surface area (Å²) in [6, 6.07) is 4.10. The maximum atomic E-state index is 12.2. The molecule has 2 saturated heterocycles. The lowest BCUT2D eigenvalue weighted by molar-refractivity contribution is -0.132. The molecular formula is C18H27N3O3. The topological polar surface area (TPSA) is 54.9 Å². The van der Waals surface area contributed by atoms with Crippen molar-refractivity contribution in [2.24, 2.45) is 0 Å². The first-order chi connectivity index (χ1) is 11.7. The Kier molecular flexibility index (Phi) is 5.81. The van der Waals surface area contributed by atoms with Crippen molar-refractivity contribution in [1.82, 2.24) is 14.8 Å². The molecule has 1 aromatic heterocycles. The molecule has 0 saturated carbocycles. The minimum absolute atomic E-state index is 0.182. The van der Waals surface area contributed by atoms with Crippen molar-refractivity contribution < 1.29 is 14.3 Å². The second-order valence-electron chi connectivity index (χ2n) is 6.73. The summed E-state index contributed by atoms with van der Waals surface area (Å²) in [5.41, 5.74) is 1.05. The van der Waals surface area contributed by atoms with Crippen molar-refractivity contribution in [2.75, 3.05) is 46.5 Å². The standard InChI is InChI=1S/C18H27N3O3/c1-23-12-10-21-15-18(24-11-4-17(21)22)5-8-20(9-6-18)14-16-3-2-7-19-13-16/h2-3,7,13H,4-6,8-12,14-15H2,1H3. The molecule has 1 spiro atoms. The predicted molar refractivity (Wildman–Crippen MR) is 90.5 cm³/mol. The maximum absolute atomic E-state index is 12.2. The van der Waals surface area contributed by atoms with Crippen molar-refractivity contribution in [3.05, 3.63) is 30.1 Å². The summed E-state index contributed by atoms with van der Waals surface area (Å²) in [7, 11) is 1.67. The van der Waals surface area contributed by atoms with Gasteiger partial charge in [-0.15, -0.1) is 0 Å². The van der Waals surface area contributed by atoms with Gasteiger partial charge in [0, 0.05) is 52.2 Å². The molecule has 0 N–H and O–H groups in total. The van der Waals surface area contributed by atoms with E-state index in [4.69, 9.17) is 9.47 Å². The van der Waals surface area contributed by atoms with Crippen LogP contribution < -0.4 is 0 Å². The number of hydrogen-bond donors (Lipinski definition) is 0. The Hall–Kier alpha value is -1.50. The van der Waals surface area contributed by atoms with Crippen LogP contribution in [-0.2, 0) is 20.8 Å². The van der Waals surface area contributed by atoms with Gasteiger partial charge in [0.15, 0.2) is 0 Å². The lowest BCUT2D eigenvalue weighted by Gasteiger charge is -2.42.